The topological polar surface area (TPSA) is 71.7 Å². The third-order valence-corrected chi connectivity index (χ3v) is 4.96. The molecule has 4 rings (SSSR count). The number of piperazine rings is 1. The summed E-state index contributed by atoms with van der Waals surface area (Å²) >= 11 is 0. The van der Waals surface area contributed by atoms with Gasteiger partial charge in [0.2, 0.25) is 11.8 Å². The van der Waals surface area contributed by atoms with Crippen molar-refractivity contribution in [2.24, 2.45) is 0 Å². The molecule has 1 amide bonds. The van der Waals surface area contributed by atoms with Crippen molar-refractivity contribution in [2.75, 3.05) is 39.3 Å². The number of amides is 1. The van der Waals surface area contributed by atoms with Gasteiger partial charge in [0.15, 0.2) is 6.61 Å². The Kier molecular flexibility index (Phi) is 6.16. The molecule has 0 aliphatic carbocycles. The van der Waals surface area contributed by atoms with E-state index in [9.17, 15) is 4.79 Å². The van der Waals surface area contributed by atoms with Crippen LogP contribution in [0.2, 0.25) is 0 Å². The fourth-order valence-corrected chi connectivity index (χ4v) is 3.28. The van der Waals surface area contributed by atoms with Crippen LogP contribution >= 0.6 is 0 Å². The van der Waals surface area contributed by atoms with Gasteiger partial charge in [-0.3, -0.25) is 9.69 Å². The highest BCUT2D eigenvalue weighted by atomic mass is 16.5. The lowest BCUT2D eigenvalue weighted by atomic mass is 10.2. The molecule has 7 heteroatoms. The van der Waals surface area contributed by atoms with E-state index < -0.39 is 0 Å². The number of carbonyl (C=O) groups is 1. The Morgan fingerprint density at radius 1 is 0.931 bits per heavy atom. The number of hydrogen-bond donors (Lipinski definition) is 0. The molecule has 1 aliphatic heterocycles. The highest BCUT2D eigenvalue weighted by molar-refractivity contribution is 5.77. The molecule has 29 heavy (non-hydrogen) atoms. The molecule has 0 unspecified atom stereocenters. The van der Waals surface area contributed by atoms with Crippen LogP contribution in [0, 0.1) is 0 Å². The van der Waals surface area contributed by atoms with Crippen LogP contribution in [0.25, 0.3) is 11.5 Å². The Morgan fingerprint density at radius 3 is 2.34 bits per heavy atom. The summed E-state index contributed by atoms with van der Waals surface area (Å²) in [6.07, 6.45) is 0.699. The van der Waals surface area contributed by atoms with Crippen LogP contribution < -0.4 is 4.74 Å². The molecule has 0 atom stereocenters. The minimum Gasteiger partial charge on any atom is -0.484 e. The first-order valence-corrected chi connectivity index (χ1v) is 9.84. The largest absolute Gasteiger partial charge is 0.484 e. The first-order chi connectivity index (χ1) is 14.3. The van der Waals surface area contributed by atoms with Crippen molar-refractivity contribution < 1.29 is 13.9 Å². The highest BCUT2D eigenvalue weighted by Gasteiger charge is 2.21. The van der Waals surface area contributed by atoms with Gasteiger partial charge in [0.25, 0.3) is 5.91 Å². The number of aromatic nitrogens is 2. The van der Waals surface area contributed by atoms with Gasteiger partial charge in [0.05, 0.1) is 0 Å². The molecular weight excluding hydrogens is 368 g/mol. The van der Waals surface area contributed by atoms with Gasteiger partial charge >= 0.3 is 0 Å². The smallest absolute Gasteiger partial charge is 0.260 e. The molecule has 1 aliphatic rings. The van der Waals surface area contributed by atoms with E-state index in [4.69, 9.17) is 9.15 Å². The minimum absolute atomic E-state index is 0.0258. The number of carbonyl (C=O) groups excluding carboxylic acids is 1. The Morgan fingerprint density at radius 2 is 1.62 bits per heavy atom. The lowest BCUT2D eigenvalue weighted by Crippen LogP contribution is -2.50. The third kappa shape index (κ3) is 5.20. The van der Waals surface area contributed by atoms with E-state index in [-0.39, 0.29) is 12.5 Å². The molecule has 1 aromatic heterocycles. The molecule has 1 fully saturated rings. The predicted octanol–water partition coefficient (Wildman–Crippen LogP) is 2.50. The van der Waals surface area contributed by atoms with Crippen molar-refractivity contribution in [2.45, 2.75) is 6.42 Å². The molecule has 1 saturated heterocycles. The second kappa shape index (κ2) is 9.34. The maximum atomic E-state index is 12.3. The van der Waals surface area contributed by atoms with E-state index in [2.05, 4.69) is 15.1 Å². The van der Waals surface area contributed by atoms with Crippen molar-refractivity contribution in [3.63, 3.8) is 0 Å². The molecule has 150 valence electrons. The van der Waals surface area contributed by atoms with E-state index in [1.165, 1.54) is 0 Å². The summed E-state index contributed by atoms with van der Waals surface area (Å²) < 4.78 is 11.3. The number of para-hydroxylation sites is 1. The van der Waals surface area contributed by atoms with Crippen molar-refractivity contribution in [1.82, 2.24) is 20.0 Å². The minimum atomic E-state index is 0.0258. The summed E-state index contributed by atoms with van der Waals surface area (Å²) in [7, 11) is 0. The third-order valence-electron chi connectivity index (χ3n) is 4.96. The molecule has 0 spiro atoms. The summed E-state index contributed by atoms with van der Waals surface area (Å²) in [5.74, 6) is 1.93. The Bertz CT molecular complexity index is 906. The molecule has 7 nitrogen and oxygen atoms in total. The first-order valence-electron chi connectivity index (χ1n) is 9.84. The van der Waals surface area contributed by atoms with Crippen LogP contribution in [0.4, 0.5) is 0 Å². The number of nitrogens with zero attached hydrogens (tertiary/aromatic N) is 4. The number of rotatable bonds is 7. The molecule has 0 N–H and O–H groups in total. The van der Waals surface area contributed by atoms with Crippen LogP contribution in [0.1, 0.15) is 5.89 Å². The van der Waals surface area contributed by atoms with Crippen LogP contribution in [0.3, 0.4) is 0 Å². The van der Waals surface area contributed by atoms with Gasteiger partial charge in [-0.25, -0.2) is 0 Å². The van der Waals surface area contributed by atoms with Gasteiger partial charge < -0.3 is 14.1 Å². The van der Waals surface area contributed by atoms with Crippen molar-refractivity contribution in [1.29, 1.82) is 0 Å². The van der Waals surface area contributed by atoms with E-state index in [1.807, 2.05) is 65.6 Å². The Hall–Kier alpha value is -3.19. The van der Waals surface area contributed by atoms with Gasteiger partial charge in [-0.05, 0) is 24.3 Å². The van der Waals surface area contributed by atoms with Crippen molar-refractivity contribution in [3.05, 3.63) is 66.6 Å². The zero-order chi connectivity index (χ0) is 19.9. The monoisotopic (exact) mass is 392 g/mol. The summed E-state index contributed by atoms with van der Waals surface area (Å²) in [6, 6.07) is 19.2. The van der Waals surface area contributed by atoms with E-state index in [0.29, 0.717) is 37.0 Å². The van der Waals surface area contributed by atoms with Gasteiger partial charge in [-0.1, -0.05) is 36.4 Å². The fourth-order valence-electron chi connectivity index (χ4n) is 3.28. The quantitative estimate of drug-likeness (QED) is 0.615. The second-order valence-corrected chi connectivity index (χ2v) is 6.94. The van der Waals surface area contributed by atoms with Crippen LogP contribution in [-0.4, -0.2) is 65.2 Å². The van der Waals surface area contributed by atoms with Gasteiger partial charge in [0.1, 0.15) is 5.75 Å². The fraction of sp³-hybridized carbons (Fsp3) is 0.318. The average Bonchev–Trinajstić information content (AvgIpc) is 3.27. The maximum Gasteiger partial charge on any atom is 0.260 e. The predicted molar refractivity (Wildman–Crippen MR) is 108 cm³/mol. The second-order valence-electron chi connectivity index (χ2n) is 6.94. The maximum absolute atomic E-state index is 12.3. The zero-order valence-electron chi connectivity index (χ0n) is 16.2. The van der Waals surface area contributed by atoms with Gasteiger partial charge in [-0.15, -0.1) is 10.2 Å². The molecule has 0 saturated carbocycles. The Balaban J connectivity index is 1.19. The normalized spacial score (nSPS) is 14.7. The number of benzene rings is 2. The number of ether oxygens (including phenoxy) is 1. The molecular formula is C22H24N4O3. The summed E-state index contributed by atoms with van der Waals surface area (Å²) in [5.41, 5.74) is 0.927. The highest BCUT2D eigenvalue weighted by Crippen LogP contribution is 2.17. The van der Waals surface area contributed by atoms with E-state index >= 15 is 0 Å². The summed E-state index contributed by atoms with van der Waals surface area (Å²) in [4.78, 5) is 16.5. The first kappa shape index (κ1) is 19.1. The molecule has 0 bridgehead atoms. The number of hydrogen-bond acceptors (Lipinski definition) is 6. The molecule has 2 heterocycles. The zero-order valence-corrected chi connectivity index (χ0v) is 16.2. The van der Waals surface area contributed by atoms with E-state index in [1.54, 1.807) is 0 Å². The standard InChI is InChI=1S/C22H24N4O3/c27-21(17-28-19-9-5-2-6-10-19)26-15-13-25(14-16-26)12-11-20-23-24-22(29-20)18-7-3-1-4-8-18/h1-10H,11-17H2. The molecule has 2 aromatic carbocycles. The van der Waals surface area contributed by atoms with Gasteiger partial charge in [0, 0.05) is 44.7 Å². The average molecular weight is 392 g/mol. The van der Waals surface area contributed by atoms with Crippen molar-refractivity contribution in [3.8, 4) is 17.2 Å². The SMILES string of the molecule is O=C(COc1ccccc1)N1CCN(CCc2nnc(-c3ccccc3)o2)CC1. The van der Waals surface area contributed by atoms with Gasteiger partial charge in [-0.2, -0.15) is 0 Å². The van der Waals surface area contributed by atoms with E-state index in [0.717, 1.165) is 25.2 Å². The van der Waals surface area contributed by atoms with Crippen LogP contribution in [-0.2, 0) is 11.2 Å². The lowest BCUT2D eigenvalue weighted by molar-refractivity contribution is -0.135. The molecule has 3 aromatic rings. The van der Waals surface area contributed by atoms with Crippen molar-refractivity contribution >= 4 is 5.91 Å². The van der Waals surface area contributed by atoms with Crippen LogP contribution in [0.5, 0.6) is 5.75 Å². The lowest BCUT2D eigenvalue weighted by Gasteiger charge is -2.34. The van der Waals surface area contributed by atoms with Crippen LogP contribution in [0.15, 0.2) is 65.1 Å². The molecule has 0 radical (unpaired) electrons. The summed E-state index contributed by atoms with van der Waals surface area (Å²) in [6.45, 7) is 3.98. The summed E-state index contributed by atoms with van der Waals surface area (Å²) in [5, 5.41) is 8.28. The Labute approximate surface area is 169 Å².